The molecule has 4 unspecified atom stereocenters. The average molecular weight is 733 g/mol. The van der Waals surface area contributed by atoms with Gasteiger partial charge < -0.3 is 18.9 Å². The van der Waals surface area contributed by atoms with E-state index in [1.807, 2.05) is 13.8 Å². The molecule has 7 nitrogen and oxygen atoms in total. The van der Waals surface area contributed by atoms with Crippen LogP contribution in [0.25, 0.3) is 0 Å². The fourth-order valence-electron chi connectivity index (χ4n) is 4.23. The zero-order valence-electron chi connectivity index (χ0n) is 27.1. The summed E-state index contributed by atoms with van der Waals surface area (Å²) in [6, 6.07) is 0. The third-order valence-electron chi connectivity index (χ3n) is 7.86. The van der Waals surface area contributed by atoms with Gasteiger partial charge >= 0.3 is 42.6 Å². The largest absolute Gasteiger partial charge is 0.459 e. The average Bonchev–Trinajstić information content (AvgIpc) is 2.79. The van der Waals surface area contributed by atoms with Crippen LogP contribution in [0, 0.1) is 11.8 Å². The number of carbonyl (C=O) groups excluding carboxylic acids is 3. The minimum absolute atomic E-state index is 0.123. The first-order chi connectivity index (χ1) is 20.5. The maximum atomic E-state index is 13.2. The molecule has 0 fully saturated rings. The van der Waals surface area contributed by atoms with Crippen molar-refractivity contribution in [3.8, 4) is 0 Å². The van der Waals surface area contributed by atoms with Crippen molar-refractivity contribution in [3.05, 3.63) is 0 Å². The molecule has 4 atom stereocenters. The van der Waals surface area contributed by atoms with Crippen LogP contribution >= 0.6 is 0 Å². The Bertz CT molecular complexity index is 1040. The second-order valence-corrected chi connectivity index (χ2v) is 19.1. The second kappa shape index (κ2) is 15.5. The first kappa shape index (κ1) is 44.7. The fraction of sp³-hybridized carbons (Fsp3) is 0.889. The first-order valence-corrected chi connectivity index (χ1v) is 17.5. The van der Waals surface area contributed by atoms with E-state index >= 15 is 0 Å². The molecule has 0 aliphatic heterocycles. The Balaban J connectivity index is 6.64. The van der Waals surface area contributed by atoms with Crippen molar-refractivity contribution in [2.24, 2.45) is 11.8 Å². The van der Waals surface area contributed by atoms with Gasteiger partial charge in [0.15, 0.2) is 0 Å². The van der Waals surface area contributed by atoms with Crippen molar-refractivity contribution >= 4 is 26.0 Å². The number of alkyl halides is 12. The highest BCUT2D eigenvalue weighted by molar-refractivity contribution is 6.79. The lowest BCUT2D eigenvalue weighted by Gasteiger charge is -2.38. The molecule has 0 radical (unpaired) electrons. The third-order valence-corrected chi connectivity index (χ3v) is 12.2. The molecule has 0 saturated carbocycles. The second-order valence-electron chi connectivity index (χ2n) is 13.2. The third kappa shape index (κ3) is 14.4. The maximum Gasteiger partial charge on any atom is 0.434 e. The van der Waals surface area contributed by atoms with Gasteiger partial charge in [0.05, 0.1) is 17.9 Å². The Hall–Kier alpha value is -2.25. The van der Waals surface area contributed by atoms with Crippen LogP contribution in [-0.4, -0.2) is 81.2 Å². The van der Waals surface area contributed by atoms with Crippen LogP contribution in [0.2, 0.25) is 24.7 Å². The molecule has 0 aromatic heterocycles. The van der Waals surface area contributed by atoms with E-state index in [1.165, 1.54) is 6.92 Å². The van der Waals surface area contributed by atoms with Crippen LogP contribution in [-0.2, 0) is 33.3 Å². The van der Waals surface area contributed by atoms with E-state index in [-0.39, 0.29) is 11.6 Å². The minimum Gasteiger partial charge on any atom is -0.459 e. The molecule has 20 heteroatoms. The van der Waals surface area contributed by atoms with Gasteiger partial charge in [0.25, 0.3) is 12.2 Å². The number of rotatable bonds is 15. The number of ether oxygens (including phenoxy) is 4. The summed E-state index contributed by atoms with van der Waals surface area (Å²) < 4.78 is 175. The van der Waals surface area contributed by atoms with Crippen molar-refractivity contribution in [3.63, 3.8) is 0 Å². The summed E-state index contributed by atoms with van der Waals surface area (Å²) in [5, 5.41) is -0.144. The van der Waals surface area contributed by atoms with Crippen LogP contribution in [0.4, 0.5) is 52.7 Å². The molecule has 0 aromatic carbocycles. The summed E-state index contributed by atoms with van der Waals surface area (Å²) in [5.74, 6) is -11.3. The zero-order valence-corrected chi connectivity index (χ0v) is 28.1. The SMILES string of the molecule is CC(=O)OC(C)(CC(C)OCCC(C)(C)[Si](C)(C)C)CC(C(=O)OC(C(F)(F)F)C(F)(F)F)C(C)C(=O)OC(C(F)(F)F)C(F)(F)F. The van der Waals surface area contributed by atoms with Gasteiger partial charge in [-0.2, -0.15) is 52.7 Å². The van der Waals surface area contributed by atoms with Gasteiger partial charge in [0.1, 0.15) is 5.60 Å². The maximum absolute atomic E-state index is 13.2. The van der Waals surface area contributed by atoms with E-state index in [4.69, 9.17) is 9.47 Å². The van der Waals surface area contributed by atoms with Gasteiger partial charge in [-0.25, -0.2) is 0 Å². The smallest absolute Gasteiger partial charge is 0.434 e. The number of hydrogen-bond acceptors (Lipinski definition) is 7. The van der Waals surface area contributed by atoms with Crippen LogP contribution in [0.3, 0.4) is 0 Å². The highest BCUT2D eigenvalue weighted by Gasteiger charge is 2.62. The number of hydrogen-bond donors (Lipinski definition) is 0. The van der Waals surface area contributed by atoms with Crippen molar-refractivity contribution in [1.82, 2.24) is 0 Å². The van der Waals surface area contributed by atoms with Crippen molar-refractivity contribution in [1.29, 1.82) is 0 Å². The highest BCUT2D eigenvalue weighted by atomic mass is 28.3. The highest BCUT2D eigenvalue weighted by Crippen LogP contribution is 2.42. The van der Waals surface area contributed by atoms with E-state index in [2.05, 4.69) is 29.1 Å². The number of carbonyl (C=O) groups is 3. The summed E-state index contributed by atoms with van der Waals surface area (Å²) in [5.41, 5.74) is -2.10. The van der Waals surface area contributed by atoms with Crippen LogP contribution in [0.15, 0.2) is 0 Å². The van der Waals surface area contributed by atoms with Gasteiger partial charge in [0, 0.05) is 34.4 Å². The molecule has 0 N–H and O–H groups in total. The molecule has 0 bridgehead atoms. The zero-order chi connectivity index (χ0) is 37.8. The van der Waals surface area contributed by atoms with Gasteiger partial charge in [0.2, 0.25) is 0 Å². The van der Waals surface area contributed by atoms with E-state index in [9.17, 15) is 67.1 Å². The Morgan fingerprint density at radius 1 is 0.660 bits per heavy atom. The molecule has 0 saturated heterocycles. The predicted molar refractivity (Wildman–Crippen MR) is 143 cm³/mol. The molecule has 0 amide bonds. The van der Waals surface area contributed by atoms with E-state index in [0.717, 1.165) is 13.8 Å². The van der Waals surface area contributed by atoms with Gasteiger partial charge in [-0.05, 0) is 25.3 Å². The van der Waals surface area contributed by atoms with Gasteiger partial charge in [-0.15, -0.1) is 0 Å². The molecule has 0 aliphatic carbocycles. The fourth-order valence-corrected chi connectivity index (χ4v) is 5.08. The van der Waals surface area contributed by atoms with E-state index < -0.39 is 99.3 Å². The molecule has 0 aliphatic rings. The van der Waals surface area contributed by atoms with Crippen molar-refractivity contribution in [2.45, 2.75) is 134 Å². The molecule has 0 rings (SSSR count). The lowest BCUT2D eigenvalue weighted by molar-refractivity contribution is -0.317. The summed E-state index contributed by atoms with van der Waals surface area (Å²) in [4.78, 5) is 37.3. The predicted octanol–water partition coefficient (Wildman–Crippen LogP) is 8.33. The van der Waals surface area contributed by atoms with Gasteiger partial charge in [-0.1, -0.05) is 40.4 Å². The molecular weight excluding hydrogens is 692 g/mol. The molecule has 47 heavy (non-hydrogen) atoms. The van der Waals surface area contributed by atoms with Crippen molar-refractivity contribution in [2.75, 3.05) is 6.61 Å². The van der Waals surface area contributed by atoms with Gasteiger partial charge in [-0.3, -0.25) is 14.4 Å². The number of esters is 3. The molecule has 278 valence electrons. The topological polar surface area (TPSA) is 88.1 Å². The first-order valence-electron chi connectivity index (χ1n) is 14.0. The van der Waals surface area contributed by atoms with Crippen LogP contribution in [0.5, 0.6) is 0 Å². The summed E-state index contributed by atoms with van der Waals surface area (Å²) >= 11 is 0. The van der Waals surface area contributed by atoms with Crippen LogP contribution in [0.1, 0.15) is 60.8 Å². The normalized spacial score (nSPS) is 17.2. The Morgan fingerprint density at radius 2 is 1.04 bits per heavy atom. The Morgan fingerprint density at radius 3 is 1.38 bits per heavy atom. The Labute approximate surface area is 265 Å². The van der Waals surface area contributed by atoms with Crippen molar-refractivity contribution < 1.29 is 86.0 Å². The minimum atomic E-state index is -6.27. The molecule has 0 aromatic rings. The summed E-state index contributed by atoms with van der Waals surface area (Å²) in [6.07, 6.45) is -36.6. The molecule has 0 heterocycles. The quantitative estimate of drug-likeness (QED) is 0.0725. The Kier molecular flexibility index (Phi) is 14.8. The number of halogens is 12. The lowest BCUT2D eigenvalue weighted by Crippen LogP contribution is -2.50. The monoisotopic (exact) mass is 732 g/mol. The molecule has 0 spiro atoms. The summed E-state index contributed by atoms with van der Waals surface area (Å²) in [7, 11) is -1.71. The van der Waals surface area contributed by atoms with E-state index in [0.29, 0.717) is 13.3 Å². The van der Waals surface area contributed by atoms with Crippen LogP contribution < -0.4 is 0 Å². The lowest BCUT2D eigenvalue weighted by atomic mass is 9.81. The molecular formula is C27H40F12O7Si. The van der Waals surface area contributed by atoms with E-state index in [1.54, 1.807) is 0 Å². The summed E-state index contributed by atoms with van der Waals surface area (Å²) in [6.45, 7) is 14.2. The standard InChI is InChI=1S/C27H40F12O7Si/c1-14(43-11-10-22(4,5)47(7,8)9)12-23(6,46-16(3)40)13-17(19(42)45-21(26(34,35)36)27(37,38)39)15(2)18(41)44-20(24(28,29)30)25(31,32)33/h14-15,17,20-21H,10-13H2,1-9H3.